The van der Waals surface area contributed by atoms with Crippen molar-refractivity contribution in [1.82, 2.24) is 0 Å². The van der Waals surface area contributed by atoms with Crippen LogP contribution in [0.3, 0.4) is 0 Å². The average molecular weight is 270 g/mol. The fourth-order valence-corrected chi connectivity index (χ4v) is 1.54. The summed E-state index contributed by atoms with van der Waals surface area (Å²) >= 11 is 0. The van der Waals surface area contributed by atoms with Gasteiger partial charge in [-0.05, 0) is 12.1 Å². The Kier molecular flexibility index (Phi) is 4.85. The summed E-state index contributed by atoms with van der Waals surface area (Å²) in [5.74, 6) is -2.38. The van der Waals surface area contributed by atoms with Crippen LogP contribution < -0.4 is 0 Å². The van der Waals surface area contributed by atoms with Gasteiger partial charge in [-0.25, -0.2) is 4.79 Å². The van der Waals surface area contributed by atoms with Gasteiger partial charge in [0.1, 0.15) is 11.9 Å². The van der Waals surface area contributed by atoms with E-state index in [4.69, 9.17) is 5.11 Å². The van der Waals surface area contributed by atoms with Crippen molar-refractivity contribution < 1.29 is 34.8 Å². The lowest BCUT2D eigenvalue weighted by molar-refractivity contribution is -0.141. The van der Waals surface area contributed by atoms with Crippen LogP contribution in [0.1, 0.15) is 28.4 Å². The summed E-state index contributed by atoms with van der Waals surface area (Å²) in [6, 6.07) is 3.58. The molecule has 0 aliphatic carbocycles. The highest BCUT2D eigenvalue weighted by atomic mass is 16.5. The number of aliphatic hydroxyl groups excluding tert-OH is 2. The lowest BCUT2D eigenvalue weighted by Gasteiger charge is -2.17. The summed E-state index contributed by atoms with van der Waals surface area (Å²) in [4.78, 5) is 21.6. The molecule has 7 heteroatoms. The van der Waals surface area contributed by atoms with E-state index >= 15 is 0 Å². The fourth-order valence-electron chi connectivity index (χ4n) is 1.54. The number of methoxy groups -OCH3 is 1. The smallest absolute Gasteiger partial charge is 0.337 e. The van der Waals surface area contributed by atoms with E-state index in [0.717, 1.165) is 6.07 Å². The second kappa shape index (κ2) is 6.17. The Labute approximate surface area is 108 Å². The van der Waals surface area contributed by atoms with Crippen molar-refractivity contribution >= 4 is 11.9 Å². The van der Waals surface area contributed by atoms with Gasteiger partial charge in [0.05, 0.1) is 25.2 Å². The van der Waals surface area contributed by atoms with Crippen LogP contribution in [0.25, 0.3) is 0 Å². The molecule has 0 bridgehead atoms. The summed E-state index contributed by atoms with van der Waals surface area (Å²) < 4.78 is 4.45. The van der Waals surface area contributed by atoms with Gasteiger partial charge in [0.15, 0.2) is 0 Å². The van der Waals surface area contributed by atoms with Gasteiger partial charge in [0.25, 0.3) is 0 Å². The molecule has 0 aromatic heterocycles. The highest BCUT2D eigenvalue weighted by molar-refractivity contribution is 5.89. The third kappa shape index (κ3) is 3.67. The molecule has 2 unspecified atom stereocenters. The molecule has 0 heterocycles. The van der Waals surface area contributed by atoms with Crippen molar-refractivity contribution in [2.45, 2.75) is 18.6 Å². The third-order valence-corrected chi connectivity index (χ3v) is 2.52. The molecule has 7 nitrogen and oxygen atoms in total. The monoisotopic (exact) mass is 270 g/mol. The quantitative estimate of drug-likeness (QED) is 0.557. The molecule has 1 aromatic carbocycles. The molecule has 0 amide bonds. The molecule has 0 saturated carbocycles. The maximum Gasteiger partial charge on any atom is 0.337 e. The number of hydrogen-bond donors (Lipinski definition) is 4. The molecule has 0 saturated heterocycles. The third-order valence-electron chi connectivity index (χ3n) is 2.52. The van der Waals surface area contributed by atoms with E-state index in [1.807, 2.05) is 0 Å². The Balaban J connectivity index is 2.95. The maximum absolute atomic E-state index is 11.2. The number of aliphatic hydroxyl groups is 2. The number of carboxylic acids is 1. The van der Waals surface area contributed by atoms with Gasteiger partial charge in [0.2, 0.25) is 0 Å². The van der Waals surface area contributed by atoms with E-state index in [0.29, 0.717) is 0 Å². The predicted octanol–water partition coefficient (Wildman–Crippen LogP) is 0.0478. The SMILES string of the molecule is COC(=O)c1ccc(C(O)C(O)CC(=O)O)c(O)c1. The van der Waals surface area contributed by atoms with Crippen LogP contribution in [-0.2, 0) is 9.53 Å². The summed E-state index contributed by atoms with van der Waals surface area (Å²) in [5.41, 5.74) is 0.00470. The lowest BCUT2D eigenvalue weighted by Crippen LogP contribution is -2.22. The van der Waals surface area contributed by atoms with Gasteiger partial charge in [-0.3, -0.25) is 4.79 Å². The molecular formula is C12H14O7. The number of benzene rings is 1. The minimum absolute atomic E-state index is 0.0681. The molecule has 0 radical (unpaired) electrons. The molecule has 4 N–H and O–H groups in total. The van der Waals surface area contributed by atoms with Crippen LogP contribution >= 0.6 is 0 Å². The van der Waals surface area contributed by atoms with Crippen LogP contribution in [0.4, 0.5) is 0 Å². The summed E-state index contributed by atoms with van der Waals surface area (Å²) in [5, 5.41) is 37.3. The van der Waals surface area contributed by atoms with Crippen LogP contribution in [0, 0.1) is 0 Å². The molecule has 1 aromatic rings. The Bertz CT molecular complexity index is 483. The minimum atomic E-state index is -1.57. The van der Waals surface area contributed by atoms with E-state index in [1.165, 1.54) is 19.2 Å². The van der Waals surface area contributed by atoms with E-state index in [1.54, 1.807) is 0 Å². The van der Waals surface area contributed by atoms with E-state index in [-0.39, 0.29) is 11.1 Å². The number of ether oxygens (including phenoxy) is 1. The number of rotatable bonds is 5. The molecule has 104 valence electrons. The summed E-state index contributed by atoms with van der Waals surface area (Å²) in [6.45, 7) is 0. The summed E-state index contributed by atoms with van der Waals surface area (Å²) in [6.07, 6.45) is -3.80. The number of phenolic OH excluding ortho intramolecular Hbond substituents is 1. The molecule has 0 fully saturated rings. The molecule has 0 aliphatic heterocycles. The van der Waals surface area contributed by atoms with E-state index in [9.17, 15) is 24.9 Å². The Hall–Kier alpha value is -2.12. The van der Waals surface area contributed by atoms with Crippen molar-refractivity contribution in [2.24, 2.45) is 0 Å². The Morgan fingerprint density at radius 1 is 1.32 bits per heavy atom. The first-order valence-electron chi connectivity index (χ1n) is 5.36. The van der Waals surface area contributed by atoms with Crippen LogP contribution in [0.2, 0.25) is 0 Å². The molecule has 19 heavy (non-hydrogen) atoms. The predicted molar refractivity (Wildman–Crippen MR) is 62.7 cm³/mol. The van der Waals surface area contributed by atoms with Crippen molar-refractivity contribution in [2.75, 3.05) is 7.11 Å². The zero-order valence-corrected chi connectivity index (χ0v) is 10.1. The van der Waals surface area contributed by atoms with Crippen molar-refractivity contribution in [3.8, 4) is 5.75 Å². The van der Waals surface area contributed by atoms with Crippen LogP contribution in [0.5, 0.6) is 5.75 Å². The van der Waals surface area contributed by atoms with Crippen LogP contribution in [-0.4, -0.2) is 45.6 Å². The second-order valence-electron chi connectivity index (χ2n) is 3.88. The second-order valence-corrected chi connectivity index (χ2v) is 3.88. The molecule has 1 rings (SSSR count). The van der Waals surface area contributed by atoms with Crippen LogP contribution in [0.15, 0.2) is 18.2 Å². The number of carbonyl (C=O) groups excluding carboxylic acids is 1. The number of aromatic hydroxyl groups is 1. The molecule has 2 atom stereocenters. The fraction of sp³-hybridized carbons (Fsp3) is 0.333. The standard InChI is InChI=1S/C12H14O7/c1-19-12(18)6-2-3-7(8(13)4-6)11(17)9(14)5-10(15)16/h2-4,9,11,13-14,17H,5H2,1H3,(H,15,16). The topological polar surface area (TPSA) is 124 Å². The minimum Gasteiger partial charge on any atom is -0.508 e. The molecule has 0 aliphatic rings. The largest absolute Gasteiger partial charge is 0.508 e. The number of carboxylic acid groups (broad SMARTS) is 1. The van der Waals surface area contributed by atoms with E-state index < -0.39 is 36.3 Å². The van der Waals surface area contributed by atoms with Gasteiger partial charge < -0.3 is 25.2 Å². The first-order chi connectivity index (χ1) is 8.86. The van der Waals surface area contributed by atoms with Crippen molar-refractivity contribution in [1.29, 1.82) is 0 Å². The van der Waals surface area contributed by atoms with Crippen molar-refractivity contribution in [3.05, 3.63) is 29.3 Å². The van der Waals surface area contributed by atoms with E-state index in [2.05, 4.69) is 4.74 Å². The van der Waals surface area contributed by atoms with Crippen molar-refractivity contribution in [3.63, 3.8) is 0 Å². The average Bonchev–Trinajstić information content (AvgIpc) is 2.36. The van der Waals surface area contributed by atoms with Gasteiger partial charge in [0, 0.05) is 5.56 Å². The van der Waals surface area contributed by atoms with Gasteiger partial charge in [-0.15, -0.1) is 0 Å². The molecular weight excluding hydrogens is 256 g/mol. The zero-order chi connectivity index (χ0) is 14.6. The number of hydrogen-bond acceptors (Lipinski definition) is 6. The summed E-state index contributed by atoms with van der Waals surface area (Å²) in [7, 11) is 1.18. The first kappa shape index (κ1) is 14.9. The van der Waals surface area contributed by atoms with Gasteiger partial charge in [-0.1, -0.05) is 6.07 Å². The number of phenols is 1. The highest BCUT2D eigenvalue weighted by Crippen LogP contribution is 2.28. The molecule has 0 spiro atoms. The number of esters is 1. The Morgan fingerprint density at radius 2 is 1.95 bits per heavy atom. The van der Waals surface area contributed by atoms with Gasteiger partial charge in [-0.2, -0.15) is 0 Å². The number of aliphatic carboxylic acids is 1. The normalized spacial score (nSPS) is 13.6. The lowest BCUT2D eigenvalue weighted by atomic mass is 9.99. The first-order valence-corrected chi connectivity index (χ1v) is 5.36. The number of carbonyl (C=O) groups is 2. The zero-order valence-electron chi connectivity index (χ0n) is 10.1. The maximum atomic E-state index is 11.2. The highest BCUT2D eigenvalue weighted by Gasteiger charge is 2.24. The van der Waals surface area contributed by atoms with Gasteiger partial charge >= 0.3 is 11.9 Å². The Morgan fingerprint density at radius 3 is 2.42 bits per heavy atom.